The highest BCUT2D eigenvalue weighted by molar-refractivity contribution is 5.93. The van der Waals surface area contributed by atoms with Crippen molar-refractivity contribution in [3.63, 3.8) is 0 Å². The van der Waals surface area contributed by atoms with Crippen LogP contribution in [0.15, 0.2) is 54.6 Å². The van der Waals surface area contributed by atoms with Crippen LogP contribution >= 0.6 is 0 Å². The number of methoxy groups -OCH3 is 1. The molecule has 2 amide bonds. The Balaban J connectivity index is 1.59. The molecule has 0 saturated carbocycles. The fourth-order valence-electron chi connectivity index (χ4n) is 2.45. The van der Waals surface area contributed by atoms with Gasteiger partial charge in [0.1, 0.15) is 11.4 Å². The third kappa shape index (κ3) is 4.56. The minimum atomic E-state index is -0.486. The minimum Gasteiger partial charge on any atom is -0.497 e. The number of amides is 2. The van der Waals surface area contributed by atoms with Crippen LogP contribution in [0, 0.1) is 11.8 Å². The smallest absolute Gasteiger partial charge is 0.270 e. The normalized spacial score (nSPS) is 9.89. The van der Waals surface area contributed by atoms with Crippen molar-refractivity contribution in [2.24, 2.45) is 5.73 Å². The first-order chi connectivity index (χ1) is 13.6. The molecule has 1 heterocycles. The average Bonchev–Trinajstić information content (AvgIpc) is 3.22. The summed E-state index contributed by atoms with van der Waals surface area (Å²) in [6.07, 6.45) is 0. The predicted molar refractivity (Wildman–Crippen MR) is 105 cm³/mol. The lowest BCUT2D eigenvalue weighted by molar-refractivity contribution is 0.0952. The van der Waals surface area contributed by atoms with Gasteiger partial charge in [0.05, 0.1) is 19.3 Å². The van der Waals surface area contributed by atoms with E-state index in [1.807, 2.05) is 24.3 Å². The summed E-state index contributed by atoms with van der Waals surface area (Å²) in [6, 6.07) is 15.7. The van der Waals surface area contributed by atoms with Gasteiger partial charge in [-0.05, 0) is 42.5 Å². The number of H-pyrrole nitrogens is 1. The Hall–Kier alpha value is -4.05. The van der Waals surface area contributed by atoms with Crippen LogP contribution in [0.1, 0.15) is 26.4 Å². The number of rotatable bonds is 5. The fourth-order valence-corrected chi connectivity index (χ4v) is 2.45. The summed E-state index contributed by atoms with van der Waals surface area (Å²) >= 11 is 0. The number of hydrogen-bond donors (Lipinski definition) is 3. The Morgan fingerprint density at radius 3 is 2.68 bits per heavy atom. The SMILES string of the molecule is COc1cccc(-c2cc(C(=O)NCC#Cc3ccc(C(N)=O)cc3)[nH]n2)c1. The largest absolute Gasteiger partial charge is 0.497 e. The van der Waals surface area contributed by atoms with E-state index in [1.54, 1.807) is 37.4 Å². The van der Waals surface area contributed by atoms with Gasteiger partial charge >= 0.3 is 0 Å². The Morgan fingerprint density at radius 2 is 1.96 bits per heavy atom. The van der Waals surface area contributed by atoms with Crippen molar-refractivity contribution in [2.45, 2.75) is 0 Å². The number of ether oxygens (including phenoxy) is 1. The molecule has 3 aromatic rings. The summed E-state index contributed by atoms with van der Waals surface area (Å²) in [6.45, 7) is 0.171. The number of primary amides is 1. The predicted octanol–water partition coefficient (Wildman–Crippen LogP) is 1.97. The van der Waals surface area contributed by atoms with Gasteiger partial charge in [0.15, 0.2) is 0 Å². The molecule has 0 aliphatic carbocycles. The Kier molecular flexibility index (Phi) is 5.72. The van der Waals surface area contributed by atoms with Gasteiger partial charge in [-0.1, -0.05) is 24.0 Å². The number of hydrogen-bond acceptors (Lipinski definition) is 4. The first-order valence-corrected chi connectivity index (χ1v) is 8.43. The Labute approximate surface area is 161 Å². The molecule has 0 unspecified atom stereocenters. The van der Waals surface area contributed by atoms with E-state index in [2.05, 4.69) is 27.4 Å². The van der Waals surface area contributed by atoms with Gasteiger partial charge in [-0.2, -0.15) is 5.10 Å². The van der Waals surface area contributed by atoms with Gasteiger partial charge in [0, 0.05) is 16.7 Å². The Morgan fingerprint density at radius 1 is 1.18 bits per heavy atom. The summed E-state index contributed by atoms with van der Waals surface area (Å²) in [5.41, 5.74) is 8.16. The minimum absolute atomic E-state index is 0.171. The maximum Gasteiger partial charge on any atom is 0.270 e. The van der Waals surface area contributed by atoms with Crippen molar-refractivity contribution in [2.75, 3.05) is 13.7 Å². The van der Waals surface area contributed by atoms with Gasteiger partial charge in [-0.15, -0.1) is 0 Å². The summed E-state index contributed by atoms with van der Waals surface area (Å²) in [4.78, 5) is 23.2. The second-order valence-corrected chi connectivity index (χ2v) is 5.82. The summed E-state index contributed by atoms with van der Waals surface area (Å²) in [5.74, 6) is 5.68. The number of nitrogens with two attached hydrogens (primary N) is 1. The van der Waals surface area contributed by atoms with Gasteiger partial charge < -0.3 is 15.8 Å². The van der Waals surface area contributed by atoms with Gasteiger partial charge in [-0.25, -0.2) is 0 Å². The molecule has 0 spiro atoms. The highest BCUT2D eigenvalue weighted by Gasteiger charge is 2.10. The number of carbonyl (C=O) groups excluding carboxylic acids is 2. The van der Waals surface area contributed by atoms with Crippen molar-refractivity contribution in [1.82, 2.24) is 15.5 Å². The maximum atomic E-state index is 12.2. The lowest BCUT2D eigenvalue weighted by Gasteiger charge is -2.01. The van der Waals surface area contributed by atoms with Crippen molar-refractivity contribution in [3.05, 3.63) is 71.4 Å². The third-order valence-corrected chi connectivity index (χ3v) is 3.93. The van der Waals surface area contributed by atoms with E-state index < -0.39 is 5.91 Å². The van der Waals surface area contributed by atoms with Crippen LogP contribution in [0.2, 0.25) is 0 Å². The zero-order valence-corrected chi connectivity index (χ0v) is 15.2. The van der Waals surface area contributed by atoms with Crippen molar-refractivity contribution >= 4 is 11.8 Å². The first-order valence-electron chi connectivity index (χ1n) is 8.43. The molecule has 1 aromatic heterocycles. The van der Waals surface area contributed by atoms with E-state index >= 15 is 0 Å². The highest BCUT2D eigenvalue weighted by atomic mass is 16.5. The molecule has 0 aliphatic heterocycles. The molecule has 0 bridgehead atoms. The fraction of sp³-hybridized carbons (Fsp3) is 0.0952. The molecule has 3 rings (SSSR count). The molecule has 4 N–H and O–H groups in total. The van der Waals surface area contributed by atoms with Gasteiger partial charge in [-0.3, -0.25) is 14.7 Å². The molecule has 0 fully saturated rings. The van der Waals surface area contributed by atoms with E-state index in [0.717, 1.165) is 11.1 Å². The summed E-state index contributed by atoms with van der Waals surface area (Å²) in [7, 11) is 1.59. The molecule has 0 atom stereocenters. The van der Waals surface area contributed by atoms with Crippen LogP contribution in [0.3, 0.4) is 0 Å². The molecule has 0 saturated heterocycles. The third-order valence-electron chi connectivity index (χ3n) is 3.93. The zero-order chi connectivity index (χ0) is 19.9. The molecular formula is C21H18N4O3. The average molecular weight is 374 g/mol. The standard InChI is InChI=1S/C21H18N4O3/c1-28-17-6-2-5-16(12-17)18-13-19(25-24-18)21(27)23-11-3-4-14-7-9-15(10-8-14)20(22)26/h2,5-10,12-13H,11H2,1H3,(H2,22,26)(H,23,27)(H,24,25). The first kappa shape index (κ1) is 18.7. The lowest BCUT2D eigenvalue weighted by atomic mass is 10.1. The van der Waals surface area contributed by atoms with Gasteiger partial charge in [0.2, 0.25) is 5.91 Å². The highest BCUT2D eigenvalue weighted by Crippen LogP contribution is 2.22. The maximum absolute atomic E-state index is 12.2. The van der Waals surface area contributed by atoms with Crippen LogP contribution in [0.5, 0.6) is 5.75 Å². The van der Waals surface area contributed by atoms with Crippen LogP contribution < -0.4 is 15.8 Å². The van der Waals surface area contributed by atoms with Gasteiger partial charge in [0.25, 0.3) is 5.91 Å². The van der Waals surface area contributed by atoms with E-state index in [-0.39, 0.29) is 12.5 Å². The molecule has 7 heteroatoms. The number of nitrogens with zero attached hydrogens (tertiary/aromatic N) is 1. The van der Waals surface area contributed by atoms with Crippen molar-refractivity contribution in [3.8, 4) is 28.8 Å². The molecular weight excluding hydrogens is 356 g/mol. The molecule has 140 valence electrons. The molecule has 2 aromatic carbocycles. The lowest BCUT2D eigenvalue weighted by Crippen LogP contribution is -2.23. The summed E-state index contributed by atoms with van der Waals surface area (Å²) < 4.78 is 5.20. The van der Waals surface area contributed by atoms with E-state index in [0.29, 0.717) is 22.7 Å². The number of carbonyl (C=O) groups is 2. The van der Waals surface area contributed by atoms with Crippen molar-refractivity contribution in [1.29, 1.82) is 0 Å². The quantitative estimate of drug-likeness (QED) is 0.593. The van der Waals surface area contributed by atoms with Crippen molar-refractivity contribution < 1.29 is 14.3 Å². The van der Waals surface area contributed by atoms with E-state index in [4.69, 9.17) is 10.5 Å². The topological polar surface area (TPSA) is 110 Å². The monoisotopic (exact) mass is 374 g/mol. The summed E-state index contributed by atoms with van der Waals surface area (Å²) in [5, 5.41) is 9.59. The van der Waals surface area contributed by atoms with Crippen LogP contribution in [0.4, 0.5) is 0 Å². The van der Waals surface area contributed by atoms with Crippen LogP contribution in [-0.2, 0) is 0 Å². The Bertz CT molecular complexity index is 1060. The molecule has 0 aliphatic rings. The van der Waals surface area contributed by atoms with E-state index in [9.17, 15) is 9.59 Å². The number of nitrogens with one attached hydrogen (secondary N) is 2. The number of benzene rings is 2. The van der Waals surface area contributed by atoms with E-state index in [1.165, 1.54) is 0 Å². The molecule has 28 heavy (non-hydrogen) atoms. The molecule has 0 radical (unpaired) electrons. The second kappa shape index (κ2) is 8.56. The van der Waals surface area contributed by atoms with Crippen LogP contribution in [-0.4, -0.2) is 35.7 Å². The number of aromatic amines is 1. The zero-order valence-electron chi connectivity index (χ0n) is 15.2. The number of aromatic nitrogens is 2. The molecule has 7 nitrogen and oxygen atoms in total. The van der Waals surface area contributed by atoms with Crippen LogP contribution in [0.25, 0.3) is 11.3 Å². The second-order valence-electron chi connectivity index (χ2n) is 5.82.